The number of hydrogen-bond acceptors (Lipinski definition) is 7. The molecule has 0 radical (unpaired) electrons. The van der Waals surface area contributed by atoms with Crippen molar-refractivity contribution >= 4 is 22.5 Å². The van der Waals surface area contributed by atoms with E-state index in [1.165, 1.54) is 0 Å². The van der Waals surface area contributed by atoms with Crippen molar-refractivity contribution in [1.29, 1.82) is 0 Å². The molecule has 3 aromatic rings. The molecule has 148 valence electrons. The van der Waals surface area contributed by atoms with E-state index in [9.17, 15) is 4.79 Å². The first-order valence-corrected chi connectivity index (χ1v) is 9.91. The molecule has 0 saturated carbocycles. The Balaban J connectivity index is 1.28. The van der Waals surface area contributed by atoms with Crippen LogP contribution in [-0.2, 0) is 9.53 Å². The number of carbonyl (C=O) groups excluding carboxylic acids is 1. The van der Waals surface area contributed by atoms with Gasteiger partial charge in [0.1, 0.15) is 11.5 Å². The number of pyridine rings is 2. The number of carbonyl (C=O) groups is 1. The number of hydrogen-bond donors (Lipinski definition) is 1. The molecular formula is C21H22N6O2. The molecule has 1 amide bonds. The largest absolute Gasteiger partial charge is 0.378 e. The van der Waals surface area contributed by atoms with Gasteiger partial charge in [-0.3, -0.25) is 24.6 Å². The van der Waals surface area contributed by atoms with Crippen LogP contribution in [0.5, 0.6) is 0 Å². The van der Waals surface area contributed by atoms with Gasteiger partial charge in [0.05, 0.1) is 31.1 Å². The van der Waals surface area contributed by atoms with E-state index in [-0.39, 0.29) is 11.8 Å². The van der Waals surface area contributed by atoms with Crippen molar-refractivity contribution in [3.8, 4) is 11.4 Å². The molecule has 0 bridgehead atoms. The molecular weight excluding hydrogens is 368 g/mol. The Morgan fingerprint density at radius 2 is 1.79 bits per heavy atom. The Morgan fingerprint density at radius 3 is 2.52 bits per heavy atom. The second-order valence-electron chi connectivity index (χ2n) is 7.57. The van der Waals surface area contributed by atoms with Gasteiger partial charge in [-0.15, -0.1) is 0 Å². The van der Waals surface area contributed by atoms with Crippen molar-refractivity contribution in [2.45, 2.75) is 18.9 Å². The fourth-order valence-corrected chi connectivity index (χ4v) is 3.87. The highest BCUT2D eigenvalue weighted by molar-refractivity contribution is 5.94. The zero-order valence-corrected chi connectivity index (χ0v) is 16.0. The summed E-state index contributed by atoms with van der Waals surface area (Å²) in [6.45, 7) is 3.54. The summed E-state index contributed by atoms with van der Waals surface area (Å²) < 4.78 is 5.27. The lowest BCUT2D eigenvalue weighted by Gasteiger charge is -2.41. The van der Waals surface area contributed by atoms with Gasteiger partial charge in [-0.25, -0.2) is 4.98 Å². The molecule has 8 heteroatoms. The molecule has 3 aromatic heterocycles. The van der Waals surface area contributed by atoms with Crippen LogP contribution in [0.4, 0.5) is 5.82 Å². The van der Waals surface area contributed by atoms with Gasteiger partial charge in [0.25, 0.3) is 0 Å². The minimum Gasteiger partial charge on any atom is -0.378 e. The van der Waals surface area contributed by atoms with Gasteiger partial charge >= 0.3 is 0 Å². The van der Waals surface area contributed by atoms with Crippen LogP contribution in [0.1, 0.15) is 12.8 Å². The highest BCUT2D eigenvalue weighted by atomic mass is 16.5. The van der Waals surface area contributed by atoms with Crippen LogP contribution < -0.4 is 5.32 Å². The first kappa shape index (κ1) is 18.1. The van der Waals surface area contributed by atoms with Gasteiger partial charge in [-0.2, -0.15) is 0 Å². The normalized spacial score (nSPS) is 18.5. The number of likely N-dealkylation sites (tertiary alicyclic amines) is 1. The second-order valence-corrected chi connectivity index (χ2v) is 7.57. The summed E-state index contributed by atoms with van der Waals surface area (Å²) in [4.78, 5) is 32.4. The van der Waals surface area contributed by atoms with Crippen LogP contribution in [0.3, 0.4) is 0 Å². The summed E-state index contributed by atoms with van der Waals surface area (Å²) in [5.41, 5.74) is 1.45. The van der Waals surface area contributed by atoms with Crippen molar-refractivity contribution < 1.29 is 9.53 Å². The number of ether oxygens (including phenoxy) is 1. The van der Waals surface area contributed by atoms with Crippen molar-refractivity contribution in [2.24, 2.45) is 5.92 Å². The number of nitrogens with zero attached hydrogens (tertiary/aromatic N) is 5. The lowest BCUT2D eigenvalue weighted by Crippen LogP contribution is -2.52. The minimum absolute atomic E-state index is 0.0253. The molecule has 0 aliphatic carbocycles. The summed E-state index contributed by atoms with van der Waals surface area (Å²) in [7, 11) is 0. The van der Waals surface area contributed by atoms with Crippen LogP contribution in [-0.4, -0.2) is 63.1 Å². The van der Waals surface area contributed by atoms with Gasteiger partial charge in [0.2, 0.25) is 5.91 Å². The molecule has 0 unspecified atom stereocenters. The Morgan fingerprint density at radius 1 is 0.966 bits per heavy atom. The van der Waals surface area contributed by atoms with E-state index in [2.05, 4.69) is 30.2 Å². The van der Waals surface area contributed by atoms with E-state index >= 15 is 0 Å². The van der Waals surface area contributed by atoms with E-state index in [4.69, 9.17) is 4.74 Å². The summed E-state index contributed by atoms with van der Waals surface area (Å²) in [5, 5.41) is 4.85. The van der Waals surface area contributed by atoms with E-state index < -0.39 is 0 Å². The molecule has 2 fully saturated rings. The van der Waals surface area contributed by atoms with Crippen LogP contribution in [0, 0.1) is 5.92 Å². The number of aromatic nitrogens is 4. The summed E-state index contributed by atoms with van der Waals surface area (Å²) >= 11 is 0. The second kappa shape index (κ2) is 7.81. The number of rotatable bonds is 4. The van der Waals surface area contributed by atoms with Crippen LogP contribution in [0.25, 0.3) is 22.2 Å². The van der Waals surface area contributed by atoms with Crippen molar-refractivity contribution in [3.05, 3.63) is 43.1 Å². The predicted octanol–water partition coefficient (Wildman–Crippen LogP) is 2.14. The topological polar surface area (TPSA) is 93.1 Å². The lowest BCUT2D eigenvalue weighted by atomic mass is 9.94. The molecule has 8 nitrogen and oxygen atoms in total. The fraction of sp³-hybridized carbons (Fsp3) is 0.381. The fourth-order valence-electron chi connectivity index (χ4n) is 3.87. The molecule has 5 heterocycles. The maximum atomic E-state index is 12.7. The number of anilines is 1. The first-order valence-electron chi connectivity index (χ1n) is 9.91. The number of piperidine rings is 1. The number of nitrogens with one attached hydrogen (secondary N) is 1. The zero-order valence-electron chi connectivity index (χ0n) is 16.0. The third-order valence-electron chi connectivity index (χ3n) is 5.72. The summed E-state index contributed by atoms with van der Waals surface area (Å²) in [6.07, 6.45) is 10.2. The maximum absolute atomic E-state index is 12.7. The molecule has 0 spiro atoms. The molecule has 2 saturated heterocycles. The van der Waals surface area contributed by atoms with Gasteiger partial charge in [-0.05, 0) is 43.5 Å². The highest BCUT2D eigenvalue weighted by Crippen LogP contribution is 2.25. The molecule has 0 aromatic carbocycles. The number of fused-ring (bicyclic) bond motifs is 1. The van der Waals surface area contributed by atoms with Gasteiger partial charge in [0.15, 0.2) is 0 Å². The third kappa shape index (κ3) is 3.81. The van der Waals surface area contributed by atoms with Gasteiger partial charge in [-0.1, -0.05) is 0 Å². The number of amides is 1. The zero-order chi connectivity index (χ0) is 19.6. The maximum Gasteiger partial charge on any atom is 0.228 e. The quantitative estimate of drug-likeness (QED) is 0.729. The molecule has 2 aliphatic heterocycles. The third-order valence-corrected chi connectivity index (χ3v) is 5.72. The van der Waals surface area contributed by atoms with E-state index in [0.717, 1.165) is 55.6 Å². The molecule has 5 rings (SSSR count). The Bertz CT molecular complexity index is 1020. The average Bonchev–Trinajstić information content (AvgIpc) is 2.73. The van der Waals surface area contributed by atoms with Gasteiger partial charge < -0.3 is 10.1 Å². The molecule has 0 atom stereocenters. The molecule has 29 heavy (non-hydrogen) atoms. The average molecular weight is 390 g/mol. The van der Waals surface area contributed by atoms with Crippen LogP contribution in [0.2, 0.25) is 0 Å². The van der Waals surface area contributed by atoms with E-state index in [1.54, 1.807) is 31.0 Å². The highest BCUT2D eigenvalue weighted by Gasteiger charge is 2.32. The minimum atomic E-state index is 0.0253. The van der Waals surface area contributed by atoms with E-state index in [1.807, 2.05) is 12.1 Å². The van der Waals surface area contributed by atoms with Gasteiger partial charge in [0, 0.05) is 36.1 Å². The Kier molecular flexibility index (Phi) is 4.87. The van der Waals surface area contributed by atoms with Crippen LogP contribution in [0.15, 0.2) is 43.1 Å². The SMILES string of the molecule is O=C(Nc1cc2cc(-c3cnccn3)ncc2cn1)C1CCN(C2COC2)CC1. The standard InChI is InChI=1S/C21H22N6O2/c28-21(14-1-5-27(6-2-14)17-12-29-13-17)26-20-8-15-7-18(19-11-22-3-4-23-19)24-9-16(15)10-25-20/h3-4,7-11,14,17H,1-2,5-6,12-13H2,(H,25,26,28). The Labute approximate surface area is 168 Å². The summed E-state index contributed by atoms with van der Waals surface area (Å²) in [5.74, 6) is 0.635. The summed E-state index contributed by atoms with van der Waals surface area (Å²) in [6, 6.07) is 4.36. The predicted molar refractivity (Wildman–Crippen MR) is 108 cm³/mol. The van der Waals surface area contributed by atoms with E-state index in [0.29, 0.717) is 17.6 Å². The molecule has 1 N–H and O–H groups in total. The van der Waals surface area contributed by atoms with Crippen molar-refractivity contribution in [2.75, 3.05) is 31.6 Å². The van der Waals surface area contributed by atoms with Crippen molar-refractivity contribution in [1.82, 2.24) is 24.8 Å². The smallest absolute Gasteiger partial charge is 0.228 e. The lowest BCUT2D eigenvalue weighted by molar-refractivity contribution is -0.123. The first-order chi connectivity index (χ1) is 14.3. The molecule has 2 aliphatic rings. The monoisotopic (exact) mass is 390 g/mol. The van der Waals surface area contributed by atoms with Crippen LogP contribution >= 0.6 is 0 Å². The van der Waals surface area contributed by atoms with Crippen molar-refractivity contribution in [3.63, 3.8) is 0 Å². The Hall–Kier alpha value is -2.97.